The van der Waals surface area contributed by atoms with E-state index in [-0.39, 0.29) is 11.3 Å². The van der Waals surface area contributed by atoms with Crippen LogP contribution in [0.25, 0.3) is 10.9 Å². The van der Waals surface area contributed by atoms with Gasteiger partial charge in [0.15, 0.2) is 0 Å². The second kappa shape index (κ2) is 7.43. The van der Waals surface area contributed by atoms with Gasteiger partial charge in [-0.15, -0.1) is 0 Å². The fourth-order valence-electron chi connectivity index (χ4n) is 2.44. The smallest absolute Gasteiger partial charge is 0.339 e. The van der Waals surface area contributed by atoms with Crippen LogP contribution in [0.15, 0.2) is 60.8 Å². The predicted octanol–water partition coefficient (Wildman–Crippen LogP) is 2.60. The standard InChI is InChI=1S/C19H15N3O4/c1-26-19(25)13-8-2-3-9-14(13)21-17(23)18(24)22-15-10-4-6-12-7-5-11-20-16(12)15/h2-11H,1H3,(H,21,23)(H,22,24). The van der Waals surface area contributed by atoms with Gasteiger partial charge in [-0.3, -0.25) is 14.6 Å². The van der Waals surface area contributed by atoms with Gasteiger partial charge in [0.05, 0.1) is 29.6 Å². The number of nitrogens with zero attached hydrogens (tertiary/aromatic N) is 1. The highest BCUT2D eigenvalue weighted by Crippen LogP contribution is 2.21. The third-order valence-corrected chi connectivity index (χ3v) is 3.67. The summed E-state index contributed by atoms with van der Waals surface area (Å²) in [6.45, 7) is 0. The molecule has 0 atom stereocenters. The van der Waals surface area contributed by atoms with Crippen LogP contribution >= 0.6 is 0 Å². The van der Waals surface area contributed by atoms with Crippen molar-refractivity contribution in [1.82, 2.24) is 4.98 Å². The summed E-state index contributed by atoms with van der Waals surface area (Å²) in [6.07, 6.45) is 1.60. The van der Waals surface area contributed by atoms with Gasteiger partial charge in [-0.1, -0.05) is 30.3 Å². The van der Waals surface area contributed by atoms with E-state index < -0.39 is 17.8 Å². The molecule has 1 heterocycles. The molecule has 1 aromatic heterocycles. The van der Waals surface area contributed by atoms with Gasteiger partial charge in [0.25, 0.3) is 0 Å². The minimum absolute atomic E-state index is 0.156. The number of anilines is 2. The zero-order valence-corrected chi connectivity index (χ0v) is 13.9. The maximum Gasteiger partial charge on any atom is 0.339 e. The van der Waals surface area contributed by atoms with Crippen LogP contribution in [-0.2, 0) is 14.3 Å². The van der Waals surface area contributed by atoms with E-state index in [2.05, 4.69) is 20.4 Å². The van der Waals surface area contributed by atoms with Crippen molar-refractivity contribution in [3.63, 3.8) is 0 Å². The molecule has 0 bridgehead atoms. The highest BCUT2D eigenvalue weighted by Gasteiger charge is 2.19. The van der Waals surface area contributed by atoms with Crippen LogP contribution in [0.5, 0.6) is 0 Å². The average Bonchev–Trinajstić information content (AvgIpc) is 2.68. The van der Waals surface area contributed by atoms with Crippen LogP contribution in [0.2, 0.25) is 0 Å². The lowest BCUT2D eigenvalue weighted by atomic mass is 10.1. The van der Waals surface area contributed by atoms with Gasteiger partial charge in [0.2, 0.25) is 0 Å². The molecular weight excluding hydrogens is 334 g/mol. The van der Waals surface area contributed by atoms with Gasteiger partial charge in [0.1, 0.15) is 0 Å². The molecule has 2 aromatic carbocycles. The molecule has 0 spiro atoms. The Labute approximate surface area is 149 Å². The molecule has 2 amide bonds. The number of carbonyl (C=O) groups excluding carboxylic acids is 3. The summed E-state index contributed by atoms with van der Waals surface area (Å²) in [7, 11) is 1.24. The fourth-order valence-corrected chi connectivity index (χ4v) is 2.44. The number of amides is 2. The average molecular weight is 349 g/mol. The molecule has 7 heteroatoms. The van der Waals surface area contributed by atoms with Crippen LogP contribution in [0.1, 0.15) is 10.4 Å². The summed E-state index contributed by atoms with van der Waals surface area (Å²) in [5.74, 6) is -2.39. The van der Waals surface area contributed by atoms with Crippen LogP contribution in [0, 0.1) is 0 Å². The van der Waals surface area contributed by atoms with Crippen molar-refractivity contribution in [3.05, 3.63) is 66.4 Å². The largest absolute Gasteiger partial charge is 0.465 e. The number of para-hydroxylation sites is 2. The maximum absolute atomic E-state index is 12.2. The summed E-state index contributed by atoms with van der Waals surface area (Å²) >= 11 is 0. The van der Waals surface area contributed by atoms with Gasteiger partial charge in [-0.25, -0.2) is 4.79 Å². The molecule has 0 aliphatic rings. The van der Waals surface area contributed by atoms with Crippen LogP contribution < -0.4 is 10.6 Å². The number of esters is 1. The molecule has 3 aromatic rings. The number of methoxy groups -OCH3 is 1. The van der Waals surface area contributed by atoms with Crippen LogP contribution in [-0.4, -0.2) is 29.9 Å². The molecule has 0 radical (unpaired) electrons. The van der Waals surface area contributed by atoms with Gasteiger partial charge in [-0.2, -0.15) is 0 Å². The van der Waals surface area contributed by atoms with E-state index in [4.69, 9.17) is 0 Å². The second-order valence-corrected chi connectivity index (χ2v) is 5.33. The number of carbonyl (C=O) groups is 3. The number of benzene rings is 2. The number of aromatic nitrogens is 1. The molecule has 130 valence electrons. The summed E-state index contributed by atoms with van der Waals surface area (Å²) in [6, 6.07) is 15.2. The number of hydrogen-bond donors (Lipinski definition) is 2. The van der Waals surface area contributed by atoms with E-state index >= 15 is 0 Å². The summed E-state index contributed by atoms with van der Waals surface area (Å²) in [5, 5.41) is 5.79. The van der Waals surface area contributed by atoms with Gasteiger partial charge < -0.3 is 15.4 Å². The Kier molecular flexibility index (Phi) is 4.89. The summed E-state index contributed by atoms with van der Waals surface area (Å²) in [4.78, 5) is 40.4. The number of nitrogens with one attached hydrogen (secondary N) is 2. The first-order valence-electron chi connectivity index (χ1n) is 7.73. The highest BCUT2D eigenvalue weighted by molar-refractivity contribution is 6.44. The van der Waals surface area contributed by atoms with Crippen molar-refractivity contribution in [2.45, 2.75) is 0 Å². The number of pyridine rings is 1. The maximum atomic E-state index is 12.2. The van der Waals surface area contributed by atoms with Gasteiger partial charge in [-0.05, 0) is 24.3 Å². The van der Waals surface area contributed by atoms with Gasteiger partial charge in [0, 0.05) is 11.6 Å². The number of fused-ring (bicyclic) bond motifs is 1. The Balaban J connectivity index is 1.79. The van der Waals surface area contributed by atoms with Gasteiger partial charge >= 0.3 is 17.8 Å². The Morgan fingerprint density at radius 3 is 2.27 bits per heavy atom. The lowest BCUT2D eigenvalue weighted by Crippen LogP contribution is -2.29. The molecular formula is C19H15N3O4. The molecule has 0 fully saturated rings. The van der Waals surface area contributed by atoms with E-state index in [0.717, 1.165) is 5.39 Å². The lowest BCUT2D eigenvalue weighted by Gasteiger charge is -2.10. The third-order valence-electron chi connectivity index (χ3n) is 3.67. The van der Waals surface area contributed by atoms with Crippen molar-refractivity contribution in [2.24, 2.45) is 0 Å². The second-order valence-electron chi connectivity index (χ2n) is 5.33. The first-order valence-corrected chi connectivity index (χ1v) is 7.73. The Bertz CT molecular complexity index is 996. The van der Waals surface area contributed by atoms with Crippen molar-refractivity contribution >= 4 is 40.1 Å². The summed E-state index contributed by atoms with van der Waals surface area (Å²) < 4.78 is 4.66. The van der Waals surface area contributed by atoms with E-state index in [0.29, 0.717) is 11.2 Å². The van der Waals surface area contributed by atoms with E-state index in [1.54, 1.807) is 36.5 Å². The minimum Gasteiger partial charge on any atom is -0.465 e. The normalized spacial score (nSPS) is 10.2. The molecule has 3 rings (SSSR count). The molecule has 0 saturated heterocycles. The van der Waals surface area contributed by atoms with Crippen LogP contribution in [0.4, 0.5) is 11.4 Å². The highest BCUT2D eigenvalue weighted by atomic mass is 16.5. The Hall–Kier alpha value is -3.74. The first-order chi connectivity index (χ1) is 12.6. The third kappa shape index (κ3) is 3.51. The zero-order valence-electron chi connectivity index (χ0n) is 13.9. The molecule has 7 nitrogen and oxygen atoms in total. The summed E-state index contributed by atoms with van der Waals surface area (Å²) in [5.41, 5.74) is 1.34. The van der Waals surface area contributed by atoms with E-state index in [1.165, 1.54) is 19.2 Å². The quantitative estimate of drug-likeness (QED) is 0.559. The Morgan fingerprint density at radius 1 is 0.846 bits per heavy atom. The lowest BCUT2D eigenvalue weighted by molar-refractivity contribution is -0.132. The first kappa shape index (κ1) is 17.1. The topological polar surface area (TPSA) is 97.4 Å². The SMILES string of the molecule is COC(=O)c1ccccc1NC(=O)C(=O)Nc1cccc2cccnc12. The van der Waals surface area contributed by atoms with Crippen molar-refractivity contribution < 1.29 is 19.1 Å². The van der Waals surface area contributed by atoms with E-state index in [1.807, 2.05) is 12.1 Å². The number of rotatable bonds is 3. The Morgan fingerprint density at radius 2 is 1.50 bits per heavy atom. The molecule has 0 unspecified atom stereocenters. The van der Waals surface area contributed by atoms with Crippen LogP contribution in [0.3, 0.4) is 0 Å². The molecule has 2 N–H and O–H groups in total. The number of hydrogen-bond acceptors (Lipinski definition) is 5. The van der Waals surface area contributed by atoms with Crippen molar-refractivity contribution in [3.8, 4) is 0 Å². The molecule has 0 aliphatic heterocycles. The fraction of sp³-hybridized carbons (Fsp3) is 0.0526. The molecule has 26 heavy (non-hydrogen) atoms. The molecule has 0 saturated carbocycles. The van der Waals surface area contributed by atoms with Crippen molar-refractivity contribution in [2.75, 3.05) is 17.7 Å². The molecule has 0 aliphatic carbocycles. The zero-order chi connectivity index (χ0) is 18.5. The monoisotopic (exact) mass is 349 g/mol. The van der Waals surface area contributed by atoms with Crippen molar-refractivity contribution in [1.29, 1.82) is 0 Å². The minimum atomic E-state index is -0.908. The number of ether oxygens (including phenoxy) is 1. The van der Waals surface area contributed by atoms with E-state index in [9.17, 15) is 14.4 Å². The predicted molar refractivity (Wildman–Crippen MR) is 96.8 cm³/mol.